The van der Waals surface area contributed by atoms with Gasteiger partial charge in [-0.05, 0) is 24.1 Å². The Morgan fingerprint density at radius 3 is 2.71 bits per heavy atom. The Hall–Kier alpha value is -0.280. The Balaban J connectivity index is 2.07. The van der Waals surface area contributed by atoms with Crippen molar-refractivity contribution in [1.29, 1.82) is 0 Å². The predicted molar refractivity (Wildman–Crippen MR) is 71.8 cm³/mol. The maximum atomic E-state index is 6.16. The van der Waals surface area contributed by atoms with Gasteiger partial charge in [0, 0.05) is 28.2 Å². The van der Waals surface area contributed by atoms with Gasteiger partial charge in [-0.15, -0.1) is 0 Å². The largest absolute Gasteiger partial charge is 0.371 e. The molecule has 94 valence electrons. The van der Waals surface area contributed by atoms with Crippen LogP contribution in [0.3, 0.4) is 0 Å². The third kappa shape index (κ3) is 3.14. The highest BCUT2D eigenvalue weighted by molar-refractivity contribution is 6.33. The Morgan fingerprint density at radius 1 is 1.35 bits per heavy atom. The van der Waals surface area contributed by atoms with Crippen molar-refractivity contribution in [3.05, 3.63) is 33.8 Å². The molecule has 2 nitrogen and oxygen atoms in total. The van der Waals surface area contributed by atoms with Gasteiger partial charge in [0.2, 0.25) is 0 Å². The molecule has 1 heterocycles. The molecule has 1 saturated heterocycles. The summed E-state index contributed by atoms with van der Waals surface area (Å²) in [6, 6.07) is 5.91. The number of halogens is 2. The molecular formula is C13H17Cl2NO. The van der Waals surface area contributed by atoms with E-state index >= 15 is 0 Å². The van der Waals surface area contributed by atoms with Crippen molar-refractivity contribution in [3.8, 4) is 0 Å². The van der Waals surface area contributed by atoms with Crippen molar-refractivity contribution in [2.75, 3.05) is 13.2 Å². The van der Waals surface area contributed by atoms with Crippen molar-refractivity contribution in [3.63, 3.8) is 0 Å². The first-order valence-corrected chi connectivity index (χ1v) is 6.63. The monoisotopic (exact) mass is 273 g/mol. The van der Waals surface area contributed by atoms with Crippen molar-refractivity contribution in [1.82, 2.24) is 5.32 Å². The van der Waals surface area contributed by atoms with Gasteiger partial charge in [0.1, 0.15) is 0 Å². The Kier molecular flexibility index (Phi) is 4.31. The third-order valence-corrected chi connectivity index (χ3v) is 3.73. The van der Waals surface area contributed by atoms with Gasteiger partial charge < -0.3 is 10.1 Å². The predicted octanol–water partition coefficient (Wildman–Crippen LogP) is 3.68. The van der Waals surface area contributed by atoms with E-state index in [1.54, 1.807) is 6.07 Å². The van der Waals surface area contributed by atoms with E-state index in [9.17, 15) is 0 Å². The molecule has 0 spiro atoms. The van der Waals surface area contributed by atoms with Gasteiger partial charge >= 0.3 is 0 Å². The number of hydrogen-bond donors (Lipinski definition) is 1. The van der Waals surface area contributed by atoms with E-state index < -0.39 is 0 Å². The van der Waals surface area contributed by atoms with Gasteiger partial charge in [-0.3, -0.25) is 0 Å². The van der Waals surface area contributed by atoms with Gasteiger partial charge in [0.15, 0.2) is 0 Å². The zero-order chi connectivity index (χ0) is 12.4. The molecule has 4 heteroatoms. The molecule has 1 aromatic carbocycles. The smallest absolute Gasteiger partial charge is 0.0964 e. The van der Waals surface area contributed by atoms with Crippen LogP contribution in [0.5, 0.6) is 0 Å². The van der Waals surface area contributed by atoms with Crippen LogP contribution in [0.25, 0.3) is 0 Å². The minimum absolute atomic E-state index is 0.00352. The molecule has 17 heavy (non-hydrogen) atoms. The second kappa shape index (κ2) is 5.57. The number of nitrogens with one attached hydrogen (secondary N) is 1. The summed E-state index contributed by atoms with van der Waals surface area (Å²) < 4.78 is 5.87. The number of morpholine rings is 1. The number of hydrogen-bond acceptors (Lipinski definition) is 2. The number of benzene rings is 1. The second-order valence-corrected chi connectivity index (χ2v) is 5.59. The summed E-state index contributed by atoms with van der Waals surface area (Å²) in [5.41, 5.74) is 0.967. The van der Waals surface area contributed by atoms with E-state index in [0.29, 0.717) is 28.6 Å². The average Bonchev–Trinajstić information content (AvgIpc) is 2.32. The van der Waals surface area contributed by atoms with Crippen LogP contribution >= 0.6 is 23.2 Å². The summed E-state index contributed by atoms with van der Waals surface area (Å²) >= 11 is 12.1. The van der Waals surface area contributed by atoms with Crippen LogP contribution in [0, 0.1) is 5.92 Å². The van der Waals surface area contributed by atoms with Gasteiger partial charge in [-0.1, -0.05) is 37.0 Å². The van der Waals surface area contributed by atoms with Crippen LogP contribution in [0.2, 0.25) is 10.0 Å². The zero-order valence-electron chi connectivity index (χ0n) is 10.0. The molecule has 0 aliphatic carbocycles. The lowest BCUT2D eigenvalue weighted by atomic mass is 10.0. The molecule has 0 aromatic heterocycles. The SMILES string of the molecule is CC(C)C1COC(c2cc(Cl)ccc2Cl)CN1. The fourth-order valence-electron chi connectivity index (χ4n) is 1.99. The molecule has 0 radical (unpaired) electrons. The highest BCUT2D eigenvalue weighted by atomic mass is 35.5. The van der Waals surface area contributed by atoms with E-state index in [0.717, 1.165) is 12.1 Å². The molecule has 1 aromatic rings. The lowest BCUT2D eigenvalue weighted by molar-refractivity contribution is -0.00705. The molecule has 0 bridgehead atoms. The van der Waals surface area contributed by atoms with E-state index in [-0.39, 0.29) is 6.10 Å². The normalized spacial score (nSPS) is 25.2. The first-order valence-electron chi connectivity index (χ1n) is 5.88. The van der Waals surface area contributed by atoms with Crippen LogP contribution in [0.1, 0.15) is 25.5 Å². The Morgan fingerprint density at radius 2 is 2.12 bits per heavy atom. The molecule has 1 N–H and O–H groups in total. The summed E-state index contributed by atoms with van der Waals surface area (Å²) in [6.45, 7) is 5.87. The van der Waals surface area contributed by atoms with Gasteiger partial charge in [-0.25, -0.2) is 0 Å². The summed E-state index contributed by atoms with van der Waals surface area (Å²) in [7, 11) is 0. The second-order valence-electron chi connectivity index (χ2n) is 4.75. The first-order chi connectivity index (χ1) is 8.08. The molecule has 0 saturated carbocycles. The fourth-order valence-corrected chi connectivity index (χ4v) is 2.41. The van der Waals surface area contributed by atoms with Crippen LogP contribution in [0.4, 0.5) is 0 Å². The molecular weight excluding hydrogens is 257 g/mol. The molecule has 2 atom stereocenters. The molecule has 0 amide bonds. The van der Waals surface area contributed by atoms with E-state index in [1.807, 2.05) is 12.1 Å². The first kappa shape index (κ1) is 13.2. The Labute approximate surface area is 112 Å². The lowest BCUT2D eigenvalue weighted by Crippen LogP contribution is -2.45. The molecule has 2 unspecified atom stereocenters. The lowest BCUT2D eigenvalue weighted by Gasteiger charge is -2.33. The minimum Gasteiger partial charge on any atom is -0.371 e. The topological polar surface area (TPSA) is 21.3 Å². The summed E-state index contributed by atoms with van der Waals surface area (Å²) in [6.07, 6.45) is -0.00352. The fraction of sp³-hybridized carbons (Fsp3) is 0.538. The third-order valence-electron chi connectivity index (χ3n) is 3.15. The van der Waals surface area contributed by atoms with Crippen molar-refractivity contribution in [2.45, 2.75) is 26.0 Å². The maximum Gasteiger partial charge on any atom is 0.0964 e. The van der Waals surface area contributed by atoms with E-state index in [4.69, 9.17) is 27.9 Å². The quantitative estimate of drug-likeness (QED) is 0.888. The van der Waals surface area contributed by atoms with Crippen molar-refractivity contribution < 1.29 is 4.74 Å². The van der Waals surface area contributed by atoms with Gasteiger partial charge in [0.25, 0.3) is 0 Å². The molecule has 2 rings (SSSR count). The summed E-state index contributed by atoms with van der Waals surface area (Å²) in [4.78, 5) is 0. The average molecular weight is 274 g/mol. The summed E-state index contributed by atoms with van der Waals surface area (Å²) in [5, 5.41) is 4.89. The van der Waals surface area contributed by atoms with Crippen molar-refractivity contribution >= 4 is 23.2 Å². The van der Waals surface area contributed by atoms with Crippen molar-refractivity contribution in [2.24, 2.45) is 5.92 Å². The Bertz CT molecular complexity index is 387. The highest BCUT2D eigenvalue weighted by Crippen LogP contribution is 2.30. The number of rotatable bonds is 2. The van der Waals surface area contributed by atoms with Crippen LogP contribution in [-0.4, -0.2) is 19.2 Å². The molecule has 1 fully saturated rings. The van der Waals surface area contributed by atoms with Gasteiger partial charge in [-0.2, -0.15) is 0 Å². The zero-order valence-corrected chi connectivity index (χ0v) is 11.6. The standard InChI is InChI=1S/C13H17Cl2NO/c1-8(2)12-7-17-13(6-16-12)10-5-9(14)3-4-11(10)15/h3-5,8,12-13,16H,6-7H2,1-2H3. The number of ether oxygens (including phenoxy) is 1. The maximum absolute atomic E-state index is 6.16. The minimum atomic E-state index is -0.00352. The van der Waals surface area contributed by atoms with Crippen LogP contribution in [-0.2, 0) is 4.74 Å². The molecule has 1 aliphatic heterocycles. The van der Waals surface area contributed by atoms with Crippen LogP contribution < -0.4 is 5.32 Å². The van der Waals surface area contributed by atoms with E-state index in [2.05, 4.69) is 19.2 Å². The van der Waals surface area contributed by atoms with Crippen LogP contribution in [0.15, 0.2) is 18.2 Å². The van der Waals surface area contributed by atoms with E-state index in [1.165, 1.54) is 0 Å². The summed E-state index contributed by atoms with van der Waals surface area (Å²) in [5.74, 6) is 0.575. The molecule has 1 aliphatic rings. The van der Waals surface area contributed by atoms with Gasteiger partial charge in [0.05, 0.1) is 12.7 Å². The highest BCUT2D eigenvalue weighted by Gasteiger charge is 2.25.